The van der Waals surface area contributed by atoms with E-state index in [4.69, 9.17) is 10.8 Å². The lowest BCUT2D eigenvalue weighted by atomic mass is 9.93. The zero-order valence-electron chi connectivity index (χ0n) is 8.53. The predicted molar refractivity (Wildman–Crippen MR) is 57.1 cm³/mol. The SMILES string of the molecule is Cc1ccc([C@]2(CN)C[C@@H]2CO)cc1. The fourth-order valence-corrected chi connectivity index (χ4v) is 2.23. The van der Waals surface area contributed by atoms with Gasteiger partial charge in [0.05, 0.1) is 0 Å². The molecule has 3 N–H and O–H groups in total. The van der Waals surface area contributed by atoms with Crippen LogP contribution in [-0.4, -0.2) is 18.3 Å². The largest absolute Gasteiger partial charge is 0.396 e. The molecule has 0 unspecified atom stereocenters. The van der Waals surface area contributed by atoms with Crippen LogP contribution < -0.4 is 5.73 Å². The Morgan fingerprint density at radius 1 is 1.43 bits per heavy atom. The molecule has 0 heterocycles. The van der Waals surface area contributed by atoms with Crippen LogP contribution in [0.2, 0.25) is 0 Å². The van der Waals surface area contributed by atoms with Gasteiger partial charge in [0, 0.05) is 18.6 Å². The third-order valence-electron chi connectivity index (χ3n) is 3.44. The Kier molecular flexibility index (Phi) is 2.33. The molecular weight excluding hydrogens is 174 g/mol. The lowest BCUT2D eigenvalue weighted by molar-refractivity contribution is 0.264. The monoisotopic (exact) mass is 191 g/mol. The summed E-state index contributed by atoms with van der Waals surface area (Å²) < 4.78 is 0. The van der Waals surface area contributed by atoms with Crippen LogP contribution in [0.3, 0.4) is 0 Å². The second-order valence-electron chi connectivity index (χ2n) is 4.31. The molecule has 2 nitrogen and oxygen atoms in total. The van der Waals surface area contributed by atoms with Crippen LogP contribution in [0.4, 0.5) is 0 Å². The average molecular weight is 191 g/mol. The van der Waals surface area contributed by atoms with Crippen molar-refractivity contribution in [2.24, 2.45) is 11.7 Å². The van der Waals surface area contributed by atoms with E-state index in [2.05, 4.69) is 31.2 Å². The van der Waals surface area contributed by atoms with Crippen LogP contribution in [0.15, 0.2) is 24.3 Å². The highest BCUT2D eigenvalue weighted by Crippen LogP contribution is 2.53. The summed E-state index contributed by atoms with van der Waals surface area (Å²) in [6.07, 6.45) is 1.03. The normalized spacial score (nSPS) is 30.4. The van der Waals surface area contributed by atoms with Gasteiger partial charge in [0.25, 0.3) is 0 Å². The van der Waals surface area contributed by atoms with E-state index in [1.54, 1.807) is 0 Å². The molecule has 0 saturated heterocycles. The predicted octanol–water partition coefficient (Wildman–Crippen LogP) is 1.20. The van der Waals surface area contributed by atoms with Gasteiger partial charge in [-0.1, -0.05) is 29.8 Å². The fraction of sp³-hybridized carbons (Fsp3) is 0.500. The van der Waals surface area contributed by atoms with E-state index in [9.17, 15) is 0 Å². The molecule has 2 rings (SSSR count). The lowest BCUT2D eigenvalue weighted by Gasteiger charge is -2.15. The zero-order chi connectivity index (χ0) is 10.2. The summed E-state index contributed by atoms with van der Waals surface area (Å²) in [5.41, 5.74) is 8.41. The van der Waals surface area contributed by atoms with E-state index in [1.165, 1.54) is 11.1 Å². The molecule has 0 spiro atoms. The average Bonchev–Trinajstić information content (AvgIpc) is 2.94. The van der Waals surface area contributed by atoms with Crippen molar-refractivity contribution >= 4 is 0 Å². The molecule has 1 fully saturated rings. The Hall–Kier alpha value is -0.860. The van der Waals surface area contributed by atoms with Crippen LogP contribution in [0.5, 0.6) is 0 Å². The lowest BCUT2D eigenvalue weighted by Crippen LogP contribution is -2.23. The molecular formula is C12H17NO. The van der Waals surface area contributed by atoms with Gasteiger partial charge < -0.3 is 10.8 Å². The molecule has 1 aliphatic carbocycles. The molecule has 1 aromatic carbocycles. The van der Waals surface area contributed by atoms with Crippen molar-refractivity contribution in [3.8, 4) is 0 Å². The highest BCUT2D eigenvalue weighted by molar-refractivity contribution is 5.36. The number of nitrogens with two attached hydrogens (primary N) is 1. The fourth-order valence-electron chi connectivity index (χ4n) is 2.23. The van der Waals surface area contributed by atoms with E-state index in [-0.39, 0.29) is 12.0 Å². The molecule has 0 aliphatic heterocycles. The number of aryl methyl sites for hydroxylation is 1. The first-order valence-corrected chi connectivity index (χ1v) is 5.11. The number of rotatable bonds is 3. The van der Waals surface area contributed by atoms with Gasteiger partial charge in [0.1, 0.15) is 0 Å². The Morgan fingerprint density at radius 3 is 2.50 bits per heavy atom. The minimum Gasteiger partial charge on any atom is -0.396 e. The molecule has 0 bridgehead atoms. The van der Waals surface area contributed by atoms with E-state index < -0.39 is 0 Å². The standard InChI is InChI=1S/C12H17NO/c1-9-2-4-10(5-3-9)12(8-13)6-11(12)7-14/h2-5,11,14H,6-8,13H2,1H3/t11-,12-/m1/s1. The van der Waals surface area contributed by atoms with E-state index >= 15 is 0 Å². The van der Waals surface area contributed by atoms with Crippen molar-refractivity contribution in [1.29, 1.82) is 0 Å². The van der Waals surface area contributed by atoms with Crippen molar-refractivity contribution in [2.75, 3.05) is 13.2 Å². The van der Waals surface area contributed by atoms with Gasteiger partial charge in [-0.25, -0.2) is 0 Å². The molecule has 0 aromatic heterocycles. The second-order valence-corrected chi connectivity index (χ2v) is 4.31. The van der Waals surface area contributed by atoms with Crippen molar-refractivity contribution in [3.63, 3.8) is 0 Å². The summed E-state index contributed by atoms with van der Waals surface area (Å²) in [4.78, 5) is 0. The molecule has 14 heavy (non-hydrogen) atoms. The molecule has 1 saturated carbocycles. The third kappa shape index (κ3) is 1.35. The van der Waals surface area contributed by atoms with Crippen molar-refractivity contribution in [1.82, 2.24) is 0 Å². The van der Waals surface area contributed by atoms with Gasteiger partial charge in [0.15, 0.2) is 0 Å². The zero-order valence-corrected chi connectivity index (χ0v) is 8.53. The molecule has 2 atom stereocenters. The summed E-state index contributed by atoms with van der Waals surface area (Å²) in [5, 5.41) is 9.13. The first-order valence-electron chi connectivity index (χ1n) is 5.11. The van der Waals surface area contributed by atoms with Crippen LogP contribution in [-0.2, 0) is 5.41 Å². The number of aliphatic hydroxyl groups is 1. The van der Waals surface area contributed by atoms with E-state index in [1.807, 2.05) is 0 Å². The van der Waals surface area contributed by atoms with Gasteiger partial charge in [-0.15, -0.1) is 0 Å². The second kappa shape index (κ2) is 3.37. The van der Waals surface area contributed by atoms with Crippen LogP contribution in [0, 0.1) is 12.8 Å². The quantitative estimate of drug-likeness (QED) is 0.754. The highest BCUT2D eigenvalue weighted by Gasteiger charge is 2.53. The summed E-state index contributed by atoms with van der Waals surface area (Å²) in [7, 11) is 0. The summed E-state index contributed by atoms with van der Waals surface area (Å²) in [6, 6.07) is 8.49. The molecule has 76 valence electrons. The van der Waals surface area contributed by atoms with Gasteiger partial charge in [-0.2, -0.15) is 0 Å². The number of benzene rings is 1. The number of hydrogen-bond donors (Lipinski definition) is 2. The molecule has 0 amide bonds. The minimum absolute atomic E-state index is 0.0719. The number of hydrogen-bond acceptors (Lipinski definition) is 2. The Balaban J connectivity index is 2.26. The van der Waals surface area contributed by atoms with Gasteiger partial charge in [-0.05, 0) is 24.8 Å². The molecule has 1 aliphatic rings. The summed E-state index contributed by atoms with van der Waals surface area (Å²) in [5.74, 6) is 0.371. The maximum atomic E-state index is 9.13. The van der Waals surface area contributed by atoms with Gasteiger partial charge >= 0.3 is 0 Å². The Labute approximate surface area is 84.7 Å². The third-order valence-corrected chi connectivity index (χ3v) is 3.44. The first kappa shape index (κ1) is 9.69. The van der Waals surface area contributed by atoms with Gasteiger partial charge in [-0.3, -0.25) is 0 Å². The molecule has 0 radical (unpaired) electrons. The van der Waals surface area contributed by atoms with Crippen LogP contribution in [0.1, 0.15) is 17.5 Å². The van der Waals surface area contributed by atoms with Gasteiger partial charge in [0.2, 0.25) is 0 Å². The maximum Gasteiger partial charge on any atom is 0.0468 e. The van der Waals surface area contributed by atoms with Crippen LogP contribution >= 0.6 is 0 Å². The van der Waals surface area contributed by atoms with Crippen molar-refractivity contribution in [2.45, 2.75) is 18.8 Å². The first-order chi connectivity index (χ1) is 6.73. The van der Waals surface area contributed by atoms with E-state index in [0.29, 0.717) is 12.5 Å². The van der Waals surface area contributed by atoms with Crippen molar-refractivity contribution < 1.29 is 5.11 Å². The van der Waals surface area contributed by atoms with Crippen LogP contribution in [0.25, 0.3) is 0 Å². The minimum atomic E-state index is 0.0719. The topological polar surface area (TPSA) is 46.2 Å². The maximum absolute atomic E-state index is 9.13. The highest BCUT2D eigenvalue weighted by atomic mass is 16.3. The van der Waals surface area contributed by atoms with E-state index in [0.717, 1.165) is 6.42 Å². The summed E-state index contributed by atoms with van der Waals surface area (Å²) in [6.45, 7) is 2.97. The molecule has 2 heteroatoms. The van der Waals surface area contributed by atoms with Crippen molar-refractivity contribution in [3.05, 3.63) is 35.4 Å². The Morgan fingerprint density at radius 2 is 2.07 bits per heavy atom. The smallest absolute Gasteiger partial charge is 0.0468 e. The number of aliphatic hydroxyl groups excluding tert-OH is 1. The summed E-state index contributed by atoms with van der Waals surface area (Å²) >= 11 is 0. The Bertz CT molecular complexity index is 320. The molecule has 1 aromatic rings.